The fourth-order valence-corrected chi connectivity index (χ4v) is 6.10. The van der Waals surface area contributed by atoms with E-state index in [9.17, 15) is 19.2 Å². The van der Waals surface area contributed by atoms with Crippen LogP contribution in [0.2, 0.25) is 0 Å². The molecular weight excluding hydrogens is 550 g/mol. The van der Waals surface area contributed by atoms with Crippen LogP contribution in [0.4, 0.5) is 8.78 Å². The Bertz CT molecular complexity index is 1440. The van der Waals surface area contributed by atoms with E-state index in [1.165, 1.54) is 24.2 Å². The Balaban J connectivity index is 1.47. The van der Waals surface area contributed by atoms with Crippen molar-refractivity contribution in [3.8, 4) is 5.75 Å². The molecule has 42 heavy (non-hydrogen) atoms. The fraction of sp³-hybridized carbons (Fsp3) is 0.467. The van der Waals surface area contributed by atoms with Crippen molar-refractivity contribution in [1.82, 2.24) is 20.5 Å². The predicted octanol–water partition coefficient (Wildman–Crippen LogP) is 3.25. The number of halogens is 2. The molecular formula is C30H34F2N4O6. The number of fused-ring (bicyclic) bond motifs is 1. The average molecular weight is 585 g/mol. The third kappa shape index (κ3) is 6.02. The Kier molecular flexibility index (Phi) is 8.33. The highest BCUT2D eigenvalue weighted by atomic mass is 19.3. The minimum atomic E-state index is -3.22. The van der Waals surface area contributed by atoms with Crippen molar-refractivity contribution in [1.29, 1.82) is 0 Å². The minimum absolute atomic E-state index is 0.0518. The molecule has 0 aliphatic carbocycles. The second-order valence-corrected chi connectivity index (χ2v) is 11.0. The molecule has 3 aliphatic heterocycles. The number of carbonyl (C=O) groups is 4. The van der Waals surface area contributed by atoms with Crippen molar-refractivity contribution in [3.05, 3.63) is 54.3 Å². The van der Waals surface area contributed by atoms with E-state index < -0.39 is 60.6 Å². The molecule has 3 fully saturated rings. The van der Waals surface area contributed by atoms with Crippen molar-refractivity contribution >= 4 is 34.6 Å². The van der Waals surface area contributed by atoms with E-state index >= 15 is 8.78 Å². The number of piperidine rings is 1. The van der Waals surface area contributed by atoms with Gasteiger partial charge in [0.05, 0.1) is 13.7 Å². The van der Waals surface area contributed by atoms with Crippen molar-refractivity contribution in [2.45, 2.75) is 62.6 Å². The molecule has 1 aromatic heterocycles. The Morgan fingerprint density at radius 2 is 2.12 bits per heavy atom. The number of amides is 3. The standard InChI is InChI=1S/C30H34F2N4O6/c1-3-5-20-15-30(31,32)16-24(36(20)28(39)23-14-21-22(35-23)6-4-7-25(21)41-2)27(38)34-19(12-17-8-10-33-26(17)37)13-18-9-11-42-29(18)40/h3-4,6-7,13-14,17,19-20,24,35H,1,5,8-12,15-16H2,2H3,(H,33,37)(H,34,38)/b18-13-/t17-,19-,20-,24-/m0/s1. The molecule has 3 N–H and O–H groups in total. The smallest absolute Gasteiger partial charge is 0.333 e. The van der Waals surface area contributed by atoms with Crippen molar-refractivity contribution < 1.29 is 37.4 Å². The zero-order valence-corrected chi connectivity index (χ0v) is 23.3. The molecule has 2 aromatic rings. The lowest BCUT2D eigenvalue weighted by molar-refractivity contribution is -0.140. The van der Waals surface area contributed by atoms with Gasteiger partial charge in [-0.3, -0.25) is 14.4 Å². The van der Waals surface area contributed by atoms with Crippen LogP contribution in [-0.4, -0.2) is 77.9 Å². The zero-order valence-electron chi connectivity index (χ0n) is 23.3. The van der Waals surface area contributed by atoms with E-state index in [2.05, 4.69) is 22.2 Å². The molecule has 3 saturated heterocycles. The summed E-state index contributed by atoms with van der Waals surface area (Å²) in [7, 11) is 1.50. The second-order valence-electron chi connectivity index (χ2n) is 11.0. The average Bonchev–Trinajstić information content (AvgIpc) is 3.67. The summed E-state index contributed by atoms with van der Waals surface area (Å²) in [6.45, 7) is 4.36. The number of nitrogens with zero attached hydrogens (tertiary/aromatic N) is 1. The van der Waals surface area contributed by atoms with Crippen LogP contribution >= 0.6 is 0 Å². The molecule has 0 spiro atoms. The van der Waals surface area contributed by atoms with Gasteiger partial charge in [0.15, 0.2) is 0 Å². The Morgan fingerprint density at radius 3 is 2.79 bits per heavy atom. The van der Waals surface area contributed by atoms with Gasteiger partial charge < -0.3 is 30.0 Å². The van der Waals surface area contributed by atoms with Gasteiger partial charge in [0.2, 0.25) is 11.8 Å². The lowest BCUT2D eigenvalue weighted by Gasteiger charge is -2.44. The van der Waals surface area contributed by atoms with E-state index in [4.69, 9.17) is 9.47 Å². The minimum Gasteiger partial charge on any atom is -0.496 e. The number of hydrogen-bond donors (Lipinski definition) is 3. The number of nitrogens with one attached hydrogen (secondary N) is 3. The zero-order chi connectivity index (χ0) is 30.0. The molecule has 0 bridgehead atoms. The number of carbonyl (C=O) groups excluding carboxylic acids is 4. The van der Waals surface area contributed by atoms with Crippen molar-refractivity contribution in [2.24, 2.45) is 5.92 Å². The quantitative estimate of drug-likeness (QED) is 0.236. The number of aromatic nitrogens is 1. The maximum absolute atomic E-state index is 15.1. The van der Waals surface area contributed by atoms with Gasteiger partial charge in [-0.25, -0.2) is 13.6 Å². The lowest BCUT2D eigenvalue weighted by atomic mass is 9.89. The molecule has 4 heterocycles. The summed E-state index contributed by atoms with van der Waals surface area (Å²) < 4.78 is 40.6. The number of alkyl halides is 2. The molecule has 4 atom stereocenters. The van der Waals surface area contributed by atoms with Gasteiger partial charge in [-0.05, 0) is 37.5 Å². The van der Waals surface area contributed by atoms with Crippen LogP contribution in [0.3, 0.4) is 0 Å². The topological polar surface area (TPSA) is 130 Å². The van der Waals surface area contributed by atoms with Crippen molar-refractivity contribution in [2.75, 3.05) is 20.3 Å². The maximum atomic E-state index is 15.1. The molecule has 0 saturated carbocycles. The van der Waals surface area contributed by atoms with Crippen molar-refractivity contribution in [3.63, 3.8) is 0 Å². The summed E-state index contributed by atoms with van der Waals surface area (Å²) in [5.74, 6) is -5.22. The molecule has 10 nitrogen and oxygen atoms in total. The van der Waals surface area contributed by atoms with E-state index in [1.54, 1.807) is 24.3 Å². The van der Waals surface area contributed by atoms with E-state index in [-0.39, 0.29) is 31.0 Å². The van der Waals surface area contributed by atoms with Gasteiger partial charge in [0.25, 0.3) is 11.8 Å². The van der Waals surface area contributed by atoms with Crippen LogP contribution in [0.25, 0.3) is 10.9 Å². The highest BCUT2D eigenvalue weighted by molar-refractivity contribution is 6.02. The first-order chi connectivity index (χ1) is 20.1. The van der Waals surface area contributed by atoms with Crippen LogP contribution in [0, 0.1) is 5.92 Å². The first-order valence-electron chi connectivity index (χ1n) is 14.0. The number of hydrogen-bond acceptors (Lipinski definition) is 6. The van der Waals surface area contributed by atoms with Gasteiger partial charge in [0.1, 0.15) is 17.5 Å². The molecule has 3 aliphatic rings. The predicted molar refractivity (Wildman–Crippen MR) is 149 cm³/mol. The number of methoxy groups -OCH3 is 1. The van der Waals surface area contributed by atoms with Gasteiger partial charge in [-0.15, -0.1) is 6.58 Å². The molecule has 1 aromatic carbocycles. The van der Waals surface area contributed by atoms with Crippen LogP contribution < -0.4 is 15.4 Å². The second kappa shape index (κ2) is 11.9. The lowest BCUT2D eigenvalue weighted by Crippen LogP contribution is -2.61. The normalized spacial score (nSPS) is 25.3. The number of aromatic amines is 1. The van der Waals surface area contributed by atoms with Crippen LogP contribution in [0.5, 0.6) is 5.75 Å². The van der Waals surface area contributed by atoms with E-state index in [0.717, 1.165) is 0 Å². The van der Waals surface area contributed by atoms with Crippen LogP contribution in [0.1, 0.15) is 49.0 Å². The maximum Gasteiger partial charge on any atom is 0.333 e. The summed E-state index contributed by atoms with van der Waals surface area (Å²) in [4.78, 5) is 56.5. The van der Waals surface area contributed by atoms with Gasteiger partial charge in [-0.1, -0.05) is 18.2 Å². The van der Waals surface area contributed by atoms with Crippen LogP contribution in [-0.2, 0) is 19.1 Å². The Morgan fingerprint density at radius 1 is 1.31 bits per heavy atom. The molecule has 3 amide bonds. The number of H-pyrrole nitrogens is 1. The molecule has 224 valence electrons. The first kappa shape index (κ1) is 29.3. The van der Waals surface area contributed by atoms with E-state index in [0.29, 0.717) is 41.6 Å². The van der Waals surface area contributed by atoms with Gasteiger partial charge in [-0.2, -0.15) is 0 Å². The largest absolute Gasteiger partial charge is 0.496 e. The monoisotopic (exact) mass is 584 g/mol. The molecule has 0 unspecified atom stereocenters. The summed E-state index contributed by atoms with van der Waals surface area (Å²) in [5, 5.41) is 6.16. The summed E-state index contributed by atoms with van der Waals surface area (Å²) in [6, 6.07) is 3.51. The third-order valence-electron chi connectivity index (χ3n) is 8.10. The number of esters is 1. The highest BCUT2D eigenvalue weighted by Gasteiger charge is 2.50. The summed E-state index contributed by atoms with van der Waals surface area (Å²) in [6.07, 6.45) is 2.58. The Hall–Kier alpha value is -4.22. The highest BCUT2D eigenvalue weighted by Crippen LogP contribution is 2.38. The fourth-order valence-electron chi connectivity index (χ4n) is 6.10. The van der Waals surface area contributed by atoms with E-state index in [1.807, 2.05) is 0 Å². The summed E-state index contributed by atoms with van der Waals surface area (Å²) in [5.41, 5.74) is 1.09. The number of cyclic esters (lactones) is 1. The number of ether oxygens (including phenoxy) is 2. The Labute approximate surface area is 241 Å². The first-order valence-corrected chi connectivity index (χ1v) is 14.0. The van der Waals surface area contributed by atoms with Crippen LogP contribution in [0.15, 0.2) is 48.6 Å². The molecule has 0 radical (unpaired) electrons. The number of likely N-dealkylation sites (tertiary alicyclic amines) is 1. The molecule has 12 heteroatoms. The number of benzene rings is 1. The summed E-state index contributed by atoms with van der Waals surface area (Å²) >= 11 is 0. The number of rotatable bonds is 9. The van der Waals surface area contributed by atoms with Gasteiger partial charge >= 0.3 is 5.97 Å². The molecule has 5 rings (SSSR count). The third-order valence-corrected chi connectivity index (χ3v) is 8.10. The van der Waals surface area contributed by atoms with Gasteiger partial charge in [0, 0.05) is 60.3 Å². The SMILES string of the molecule is C=CC[C@H]1CC(F)(F)C[C@@H](C(=O)N[C@H](/C=C2/CCOC2=O)C[C@@H]2CCNC2=O)N1C(=O)c1cc2c(OC)cccc2[nH]1.